The SMILES string of the molecule is CN(C(=O)OC(C)(C)C)c1nc(C#C[Si](C)(C)C)c(N)c2c1ncn2C. The molecule has 0 radical (unpaired) electrons. The minimum absolute atomic E-state index is 0.379. The van der Waals surface area contributed by atoms with Crippen molar-refractivity contribution in [2.24, 2.45) is 7.05 Å². The zero-order chi connectivity index (χ0) is 19.9. The van der Waals surface area contributed by atoms with Gasteiger partial charge < -0.3 is 15.0 Å². The average molecular weight is 374 g/mol. The Kier molecular flexibility index (Phi) is 5.06. The maximum atomic E-state index is 12.5. The Hall–Kier alpha value is -2.53. The Morgan fingerprint density at radius 2 is 1.96 bits per heavy atom. The zero-order valence-corrected chi connectivity index (χ0v) is 17.8. The number of hydrogen-bond acceptors (Lipinski definition) is 5. The van der Waals surface area contributed by atoms with E-state index in [4.69, 9.17) is 10.5 Å². The molecule has 1 amide bonds. The minimum Gasteiger partial charge on any atom is -0.443 e. The Balaban J connectivity index is 2.63. The van der Waals surface area contributed by atoms with E-state index in [1.54, 1.807) is 17.9 Å². The van der Waals surface area contributed by atoms with E-state index < -0.39 is 19.8 Å². The fourth-order valence-corrected chi connectivity index (χ4v) is 2.73. The topological polar surface area (TPSA) is 86.3 Å². The van der Waals surface area contributed by atoms with Gasteiger partial charge in [0.05, 0.1) is 17.5 Å². The lowest BCUT2D eigenvalue weighted by Crippen LogP contribution is -2.35. The maximum Gasteiger partial charge on any atom is 0.415 e. The Morgan fingerprint density at radius 3 is 2.50 bits per heavy atom. The van der Waals surface area contributed by atoms with Crippen LogP contribution in [-0.4, -0.2) is 41.4 Å². The standard InChI is InChI=1S/C18H27N5O2Si/c1-18(2,3)25-17(24)23(5)16-14-15(22(4)11-20-14)13(19)12(21-16)9-10-26(6,7)8/h11H,19H2,1-8H3. The quantitative estimate of drug-likeness (QED) is 0.613. The fourth-order valence-electron chi connectivity index (χ4n) is 2.24. The fraction of sp³-hybridized carbons (Fsp3) is 0.500. The summed E-state index contributed by atoms with van der Waals surface area (Å²) < 4.78 is 7.25. The summed E-state index contributed by atoms with van der Waals surface area (Å²) in [4.78, 5) is 22.7. The summed E-state index contributed by atoms with van der Waals surface area (Å²) in [5, 5.41) is 0. The van der Waals surface area contributed by atoms with E-state index in [-0.39, 0.29) is 0 Å². The van der Waals surface area contributed by atoms with E-state index >= 15 is 0 Å². The van der Waals surface area contributed by atoms with Gasteiger partial charge in [0.25, 0.3) is 0 Å². The number of nitrogen functional groups attached to an aromatic ring is 1. The predicted octanol–water partition coefficient (Wildman–Crippen LogP) is 3.15. The molecule has 0 aromatic carbocycles. The number of ether oxygens (including phenoxy) is 1. The first-order valence-corrected chi connectivity index (χ1v) is 11.9. The molecule has 2 N–H and O–H groups in total. The summed E-state index contributed by atoms with van der Waals surface area (Å²) in [6, 6.07) is 0. The van der Waals surface area contributed by atoms with E-state index in [1.165, 1.54) is 4.90 Å². The number of fused-ring (bicyclic) bond motifs is 1. The van der Waals surface area contributed by atoms with Crippen molar-refractivity contribution in [1.29, 1.82) is 0 Å². The molecule has 0 spiro atoms. The lowest BCUT2D eigenvalue weighted by Gasteiger charge is -2.24. The number of aromatic nitrogens is 3. The van der Waals surface area contributed by atoms with Gasteiger partial charge in [0.1, 0.15) is 24.9 Å². The molecule has 7 nitrogen and oxygen atoms in total. The first kappa shape index (κ1) is 19.8. The molecule has 2 heterocycles. The molecule has 0 saturated heterocycles. The third-order valence-electron chi connectivity index (χ3n) is 3.42. The lowest BCUT2D eigenvalue weighted by molar-refractivity contribution is 0.0588. The molecule has 26 heavy (non-hydrogen) atoms. The molecule has 0 atom stereocenters. The molecule has 140 valence electrons. The van der Waals surface area contributed by atoms with E-state index in [0.29, 0.717) is 28.2 Å². The monoisotopic (exact) mass is 373 g/mol. The van der Waals surface area contributed by atoms with Crippen LogP contribution >= 0.6 is 0 Å². The second kappa shape index (κ2) is 6.65. The molecule has 0 aliphatic carbocycles. The number of amides is 1. The molecule has 0 aliphatic heterocycles. The summed E-state index contributed by atoms with van der Waals surface area (Å²) in [7, 11) is 1.84. The number of carbonyl (C=O) groups is 1. The van der Waals surface area contributed by atoms with Gasteiger partial charge in [-0.25, -0.2) is 14.8 Å². The van der Waals surface area contributed by atoms with Crippen LogP contribution in [0.5, 0.6) is 0 Å². The predicted molar refractivity (Wildman–Crippen MR) is 108 cm³/mol. The first-order valence-electron chi connectivity index (χ1n) is 8.40. The maximum absolute atomic E-state index is 12.5. The normalized spacial score (nSPS) is 11.8. The third kappa shape index (κ3) is 4.35. The van der Waals surface area contributed by atoms with E-state index in [9.17, 15) is 4.79 Å². The summed E-state index contributed by atoms with van der Waals surface area (Å²) >= 11 is 0. The van der Waals surface area contributed by atoms with Crippen molar-refractivity contribution in [3.63, 3.8) is 0 Å². The molecular weight excluding hydrogens is 346 g/mol. The van der Waals surface area contributed by atoms with E-state index in [1.807, 2.05) is 27.8 Å². The van der Waals surface area contributed by atoms with Crippen LogP contribution in [0.25, 0.3) is 11.0 Å². The number of hydrogen-bond donors (Lipinski definition) is 1. The highest BCUT2D eigenvalue weighted by molar-refractivity contribution is 6.83. The van der Waals surface area contributed by atoms with Crippen LogP contribution in [0.15, 0.2) is 6.33 Å². The van der Waals surface area contributed by atoms with Crippen LogP contribution in [-0.2, 0) is 11.8 Å². The highest BCUT2D eigenvalue weighted by Gasteiger charge is 2.25. The number of pyridine rings is 1. The molecule has 0 aliphatic rings. The van der Waals surface area contributed by atoms with Gasteiger partial charge in [0.15, 0.2) is 5.82 Å². The molecule has 0 unspecified atom stereocenters. The van der Waals surface area contributed by atoms with Crippen molar-refractivity contribution in [3.05, 3.63) is 12.0 Å². The van der Waals surface area contributed by atoms with Crippen molar-refractivity contribution in [1.82, 2.24) is 14.5 Å². The number of imidazole rings is 1. The number of nitrogens with two attached hydrogens (primary N) is 1. The minimum atomic E-state index is -1.61. The number of anilines is 2. The number of carbonyl (C=O) groups excluding carboxylic acids is 1. The van der Waals surface area contributed by atoms with Crippen LogP contribution in [0.4, 0.5) is 16.3 Å². The van der Waals surface area contributed by atoms with Gasteiger partial charge >= 0.3 is 6.09 Å². The van der Waals surface area contributed by atoms with Gasteiger partial charge in [0, 0.05) is 14.1 Å². The zero-order valence-electron chi connectivity index (χ0n) is 16.8. The van der Waals surface area contributed by atoms with Gasteiger partial charge in [-0.1, -0.05) is 25.6 Å². The molecule has 0 bridgehead atoms. The second-order valence-corrected chi connectivity index (χ2v) is 13.0. The smallest absolute Gasteiger partial charge is 0.415 e. The number of nitrogens with zero attached hydrogens (tertiary/aromatic N) is 4. The largest absolute Gasteiger partial charge is 0.443 e. The molecule has 2 rings (SSSR count). The highest BCUT2D eigenvalue weighted by atomic mass is 28.3. The van der Waals surface area contributed by atoms with Gasteiger partial charge in [-0.2, -0.15) is 0 Å². The molecule has 0 fully saturated rings. The van der Waals surface area contributed by atoms with E-state index in [2.05, 4.69) is 41.1 Å². The Labute approximate surface area is 155 Å². The van der Waals surface area contributed by atoms with Crippen LogP contribution in [0.1, 0.15) is 26.5 Å². The Morgan fingerprint density at radius 1 is 1.35 bits per heavy atom. The second-order valence-electron chi connectivity index (χ2n) is 8.29. The van der Waals surface area contributed by atoms with Gasteiger partial charge in [-0.05, 0) is 20.8 Å². The van der Waals surface area contributed by atoms with Crippen molar-refractivity contribution in [3.8, 4) is 11.5 Å². The molecular formula is C18H27N5O2Si. The first-order chi connectivity index (χ1) is 11.8. The highest BCUT2D eigenvalue weighted by Crippen LogP contribution is 2.30. The summed E-state index contributed by atoms with van der Waals surface area (Å²) in [6.45, 7) is 11.9. The van der Waals surface area contributed by atoms with Gasteiger partial charge in [0.2, 0.25) is 0 Å². The van der Waals surface area contributed by atoms with Crippen LogP contribution < -0.4 is 10.6 Å². The van der Waals surface area contributed by atoms with Crippen LogP contribution in [0.3, 0.4) is 0 Å². The molecule has 8 heteroatoms. The lowest BCUT2D eigenvalue weighted by atomic mass is 10.2. The molecule has 2 aromatic heterocycles. The molecule has 2 aromatic rings. The van der Waals surface area contributed by atoms with Crippen LogP contribution in [0.2, 0.25) is 19.6 Å². The van der Waals surface area contributed by atoms with Gasteiger partial charge in [-0.3, -0.25) is 4.90 Å². The summed E-state index contributed by atoms with van der Waals surface area (Å²) in [5.41, 5.74) is 11.1. The number of aryl methyl sites for hydroxylation is 1. The summed E-state index contributed by atoms with van der Waals surface area (Å²) in [6.07, 6.45) is 1.14. The Bertz CT molecular complexity index is 910. The van der Waals surface area contributed by atoms with Crippen molar-refractivity contribution in [2.45, 2.75) is 46.0 Å². The van der Waals surface area contributed by atoms with Crippen molar-refractivity contribution in [2.75, 3.05) is 17.7 Å². The van der Waals surface area contributed by atoms with Crippen molar-refractivity contribution >= 4 is 36.7 Å². The van der Waals surface area contributed by atoms with E-state index in [0.717, 1.165) is 0 Å². The van der Waals surface area contributed by atoms with Crippen LogP contribution in [0, 0.1) is 11.5 Å². The number of rotatable bonds is 1. The average Bonchev–Trinajstić information content (AvgIpc) is 2.86. The third-order valence-corrected chi connectivity index (χ3v) is 4.29. The van der Waals surface area contributed by atoms with Gasteiger partial charge in [-0.15, -0.1) is 5.54 Å². The van der Waals surface area contributed by atoms with Crippen molar-refractivity contribution < 1.29 is 9.53 Å². The molecule has 0 saturated carbocycles. The summed E-state index contributed by atoms with van der Waals surface area (Å²) in [5.74, 6) is 3.48.